The van der Waals surface area contributed by atoms with Crippen LogP contribution in [0.15, 0.2) is 0 Å². The van der Waals surface area contributed by atoms with Gasteiger partial charge in [-0.3, -0.25) is 10.2 Å². The highest BCUT2D eigenvalue weighted by atomic mass is 16.4. The maximum Gasteiger partial charge on any atom is 0.318 e. The molecule has 0 atom stereocenters. The number of carboxylic acid groups (broad SMARTS) is 1. The molecule has 0 heterocycles. The van der Waals surface area contributed by atoms with Gasteiger partial charge >= 0.3 is 5.97 Å². The minimum Gasteiger partial charge on any atom is -0.480 e. The largest absolute Gasteiger partial charge is 0.480 e. The molecule has 0 aliphatic rings. The molecule has 0 aromatic heterocycles. The van der Waals surface area contributed by atoms with Gasteiger partial charge in [0.2, 0.25) is 0 Å². The molecule has 0 aliphatic heterocycles. The molecule has 0 saturated carbocycles. The fourth-order valence-corrected chi connectivity index (χ4v) is 0.385. The lowest BCUT2D eigenvalue weighted by atomic mass is 10.1. The molecule has 4 nitrogen and oxygen atoms in total. The van der Waals surface area contributed by atoms with Crippen molar-refractivity contribution in [1.82, 2.24) is 10.9 Å². The van der Waals surface area contributed by atoms with E-state index in [-0.39, 0.29) is 12.1 Å². The summed E-state index contributed by atoms with van der Waals surface area (Å²) in [4.78, 5) is 9.98. The highest BCUT2D eigenvalue weighted by molar-refractivity contribution is 5.68. The van der Waals surface area contributed by atoms with Crippen LogP contribution in [0.3, 0.4) is 0 Å². The summed E-state index contributed by atoms with van der Waals surface area (Å²) in [7, 11) is 0. The van der Waals surface area contributed by atoms with Crippen LogP contribution in [0.1, 0.15) is 20.8 Å². The van der Waals surface area contributed by atoms with E-state index in [0.717, 1.165) is 0 Å². The van der Waals surface area contributed by atoms with Gasteiger partial charge in [-0.1, -0.05) is 0 Å². The van der Waals surface area contributed by atoms with Crippen LogP contribution in [-0.2, 0) is 4.79 Å². The smallest absolute Gasteiger partial charge is 0.318 e. The monoisotopic (exact) mass is 146 g/mol. The van der Waals surface area contributed by atoms with Crippen LogP contribution in [0.2, 0.25) is 0 Å². The number of hydrazine groups is 1. The van der Waals surface area contributed by atoms with Crippen molar-refractivity contribution >= 4 is 5.97 Å². The Morgan fingerprint density at radius 3 is 2.30 bits per heavy atom. The zero-order valence-electron chi connectivity index (χ0n) is 6.56. The SMILES string of the molecule is CC(C)(C)NNCC(=O)O. The minimum absolute atomic E-state index is 0.0583. The molecule has 0 aliphatic carbocycles. The molecular formula is C6H14N2O2. The van der Waals surface area contributed by atoms with Crippen molar-refractivity contribution in [2.24, 2.45) is 0 Å². The minimum atomic E-state index is -0.864. The fraction of sp³-hybridized carbons (Fsp3) is 0.833. The van der Waals surface area contributed by atoms with Crippen LogP contribution in [-0.4, -0.2) is 23.2 Å². The van der Waals surface area contributed by atoms with Crippen LogP contribution in [0.5, 0.6) is 0 Å². The first kappa shape index (κ1) is 9.39. The van der Waals surface area contributed by atoms with Gasteiger partial charge in [-0.2, -0.15) is 0 Å². The van der Waals surface area contributed by atoms with E-state index in [2.05, 4.69) is 10.9 Å². The van der Waals surface area contributed by atoms with Crippen LogP contribution < -0.4 is 10.9 Å². The Kier molecular flexibility index (Phi) is 3.32. The Balaban J connectivity index is 3.29. The van der Waals surface area contributed by atoms with Crippen molar-refractivity contribution in [3.05, 3.63) is 0 Å². The highest BCUT2D eigenvalue weighted by Crippen LogP contribution is 1.94. The van der Waals surface area contributed by atoms with E-state index in [1.165, 1.54) is 0 Å². The molecule has 0 aromatic carbocycles. The van der Waals surface area contributed by atoms with E-state index in [4.69, 9.17) is 5.11 Å². The van der Waals surface area contributed by atoms with Crippen molar-refractivity contribution in [2.75, 3.05) is 6.54 Å². The molecule has 0 aromatic rings. The molecule has 4 heteroatoms. The van der Waals surface area contributed by atoms with Gasteiger partial charge in [0.25, 0.3) is 0 Å². The molecule has 0 amide bonds. The second-order valence-corrected chi connectivity index (χ2v) is 3.12. The summed E-state index contributed by atoms with van der Waals surface area (Å²) in [5.41, 5.74) is 5.31. The molecule has 0 unspecified atom stereocenters. The second-order valence-electron chi connectivity index (χ2n) is 3.12. The molecular weight excluding hydrogens is 132 g/mol. The molecule has 3 N–H and O–H groups in total. The number of hydrogen-bond donors (Lipinski definition) is 3. The number of carbonyl (C=O) groups is 1. The fourth-order valence-electron chi connectivity index (χ4n) is 0.385. The average Bonchev–Trinajstić information content (AvgIpc) is 1.59. The van der Waals surface area contributed by atoms with Crippen LogP contribution in [0, 0.1) is 0 Å². The number of nitrogens with one attached hydrogen (secondary N) is 2. The van der Waals surface area contributed by atoms with Gasteiger partial charge in [-0.05, 0) is 20.8 Å². The summed E-state index contributed by atoms with van der Waals surface area (Å²) in [5, 5.41) is 8.21. The lowest BCUT2D eigenvalue weighted by Gasteiger charge is -2.20. The van der Waals surface area contributed by atoms with Crippen molar-refractivity contribution in [3.63, 3.8) is 0 Å². The molecule has 0 rings (SSSR count). The predicted molar refractivity (Wildman–Crippen MR) is 38.5 cm³/mol. The molecule has 10 heavy (non-hydrogen) atoms. The lowest BCUT2D eigenvalue weighted by Crippen LogP contribution is -2.47. The van der Waals surface area contributed by atoms with E-state index in [9.17, 15) is 4.79 Å². The summed E-state index contributed by atoms with van der Waals surface area (Å²) >= 11 is 0. The molecule has 0 saturated heterocycles. The predicted octanol–water partition coefficient (Wildman–Crippen LogP) is -0.0363. The molecule has 60 valence electrons. The Hall–Kier alpha value is -0.610. The first-order chi connectivity index (χ1) is 4.42. The van der Waals surface area contributed by atoms with Crippen molar-refractivity contribution in [2.45, 2.75) is 26.3 Å². The van der Waals surface area contributed by atoms with E-state index in [1.807, 2.05) is 20.8 Å². The van der Waals surface area contributed by atoms with Gasteiger partial charge < -0.3 is 5.11 Å². The summed E-state index contributed by atoms with van der Waals surface area (Å²) in [6.07, 6.45) is 0. The maximum absolute atomic E-state index is 9.98. The Morgan fingerprint density at radius 2 is 2.00 bits per heavy atom. The zero-order chi connectivity index (χ0) is 8.20. The van der Waals surface area contributed by atoms with Gasteiger partial charge in [0.1, 0.15) is 6.54 Å². The van der Waals surface area contributed by atoms with Gasteiger partial charge in [-0.25, -0.2) is 5.43 Å². The highest BCUT2D eigenvalue weighted by Gasteiger charge is 2.07. The van der Waals surface area contributed by atoms with E-state index >= 15 is 0 Å². The molecule has 0 fully saturated rings. The number of rotatable bonds is 3. The summed E-state index contributed by atoms with van der Waals surface area (Å²) < 4.78 is 0. The van der Waals surface area contributed by atoms with Gasteiger partial charge in [0.05, 0.1) is 0 Å². The third kappa shape index (κ3) is 7.39. The molecule has 0 spiro atoms. The standard InChI is InChI=1S/C6H14N2O2/c1-6(2,3)8-7-4-5(9)10/h7-8H,4H2,1-3H3,(H,9,10). The van der Waals surface area contributed by atoms with Crippen molar-refractivity contribution < 1.29 is 9.90 Å². The Labute approximate surface area is 60.6 Å². The van der Waals surface area contributed by atoms with E-state index in [1.54, 1.807) is 0 Å². The quantitative estimate of drug-likeness (QED) is 0.489. The van der Waals surface area contributed by atoms with Crippen molar-refractivity contribution in [1.29, 1.82) is 0 Å². The Bertz CT molecular complexity index is 117. The van der Waals surface area contributed by atoms with Gasteiger partial charge in [0.15, 0.2) is 0 Å². The van der Waals surface area contributed by atoms with E-state index < -0.39 is 5.97 Å². The molecule has 0 radical (unpaired) electrons. The van der Waals surface area contributed by atoms with Crippen LogP contribution in [0.25, 0.3) is 0 Å². The van der Waals surface area contributed by atoms with Gasteiger partial charge in [-0.15, -0.1) is 0 Å². The normalized spacial score (nSPS) is 11.5. The first-order valence-corrected chi connectivity index (χ1v) is 3.13. The maximum atomic E-state index is 9.98. The third-order valence-electron chi connectivity index (χ3n) is 0.703. The van der Waals surface area contributed by atoms with Gasteiger partial charge in [0, 0.05) is 5.54 Å². The topological polar surface area (TPSA) is 61.4 Å². The number of hydrogen-bond acceptors (Lipinski definition) is 3. The summed E-state index contributed by atoms with van der Waals surface area (Å²) in [5.74, 6) is -0.864. The Morgan fingerprint density at radius 1 is 1.50 bits per heavy atom. The van der Waals surface area contributed by atoms with E-state index in [0.29, 0.717) is 0 Å². The molecule has 0 bridgehead atoms. The van der Waals surface area contributed by atoms with Crippen LogP contribution in [0.4, 0.5) is 0 Å². The second kappa shape index (κ2) is 3.53. The number of aliphatic carboxylic acids is 1. The van der Waals surface area contributed by atoms with Crippen molar-refractivity contribution in [3.8, 4) is 0 Å². The third-order valence-corrected chi connectivity index (χ3v) is 0.703. The number of carboxylic acids is 1. The lowest BCUT2D eigenvalue weighted by molar-refractivity contribution is -0.136. The average molecular weight is 146 g/mol. The zero-order valence-corrected chi connectivity index (χ0v) is 6.56. The summed E-state index contributed by atoms with van der Waals surface area (Å²) in [6.45, 7) is 5.78. The van der Waals surface area contributed by atoms with Crippen LogP contribution >= 0.6 is 0 Å². The first-order valence-electron chi connectivity index (χ1n) is 3.13. The summed E-state index contributed by atoms with van der Waals surface area (Å²) in [6, 6.07) is 0.